The van der Waals surface area contributed by atoms with Gasteiger partial charge in [-0.05, 0) is 41.8 Å². The minimum atomic E-state index is -0.761. The minimum absolute atomic E-state index is 0.225. The number of hydrogen-bond donors (Lipinski definition) is 0. The molecule has 5 heteroatoms. The van der Waals surface area contributed by atoms with Crippen molar-refractivity contribution in [2.75, 3.05) is 0 Å². The van der Waals surface area contributed by atoms with E-state index in [2.05, 4.69) is 0 Å². The highest BCUT2D eigenvalue weighted by atomic mass is 16.7. The van der Waals surface area contributed by atoms with Crippen molar-refractivity contribution in [3.63, 3.8) is 0 Å². The van der Waals surface area contributed by atoms with E-state index in [1.54, 1.807) is 30.3 Å². The predicted octanol–water partition coefficient (Wildman–Crippen LogP) is 4.03. The van der Waals surface area contributed by atoms with Crippen LogP contribution < -0.4 is 0 Å². The van der Waals surface area contributed by atoms with Crippen LogP contribution in [0.25, 0.3) is 11.1 Å². The summed E-state index contributed by atoms with van der Waals surface area (Å²) in [6.07, 6.45) is 0. The number of aryl methyl sites for hydroxylation is 1. The van der Waals surface area contributed by atoms with E-state index in [1.165, 1.54) is 12.1 Å². The summed E-state index contributed by atoms with van der Waals surface area (Å²) in [5.41, 5.74) is 3.29. The van der Waals surface area contributed by atoms with Gasteiger partial charge in [-0.2, -0.15) is 0 Å². The van der Waals surface area contributed by atoms with E-state index in [0.717, 1.165) is 11.1 Å². The van der Waals surface area contributed by atoms with E-state index in [0.29, 0.717) is 10.6 Å². The van der Waals surface area contributed by atoms with Gasteiger partial charge in [0.25, 0.3) is 11.8 Å². The van der Waals surface area contributed by atoms with Crippen LogP contribution in [-0.2, 0) is 4.84 Å². The Morgan fingerprint density at radius 1 is 0.704 bits per heavy atom. The molecule has 3 aromatic rings. The highest BCUT2D eigenvalue weighted by Crippen LogP contribution is 2.29. The molecule has 0 radical (unpaired) electrons. The number of carbonyl (C=O) groups is 3. The van der Waals surface area contributed by atoms with Gasteiger partial charge in [-0.15, -0.1) is 0 Å². The van der Waals surface area contributed by atoms with Crippen LogP contribution >= 0.6 is 0 Å². The van der Waals surface area contributed by atoms with Gasteiger partial charge in [0.15, 0.2) is 0 Å². The van der Waals surface area contributed by atoms with E-state index in [4.69, 9.17) is 4.84 Å². The lowest BCUT2D eigenvalue weighted by Gasteiger charge is -2.15. The zero-order valence-electron chi connectivity index (χ0n) is 14.5. The predicted molar refractivity (Wildman–Crippen MR) is 99.0 cm³/mol. The third-order valence-electron chi connectivity index (χ3n) is 4.51. The number of imide groups is 1. The third kappa shape index (κ3) is 2.79. The maximum Gasteiger partial charge on any atom is 0.364 e. The number of carbonyl (C=O) groups excluding carboxylic acids is 3. The zero-order valence-corrected chi connectivity index (χ0v) is 14.5. The Hall–Kier alpha value is -3.73. The maximum atomic E-state index is 12.8. The molecule has 5 nitrogen and oxygen atoms in total. The van der Waals surface area contributed by atoms with Crippen molar-refractivity contribution in [3.8, 4) is 11.1 Å². The largest absolute Gasteiger partial charge is 0.364 e. The number of hydrogen-bond acceptors (Lipinski definition) is 4. The Labute approximate surface area is 155 Å². The summed E-state index contributed by atoms with van der Waals surface area (Å²) < 4.78 is 0. The number of amides is 2. The van der Waals surface area contributed by atoms with Gasteiger partial charge in [0.05, 0.1) is 16.7 Å². The first-order valence-corrected chi connectivity index (χ1v) is 8.43. The fourth-order valence-corrected chi connectivity index (χ4v) is 3.15. The second-order valence-electron chi connectivity index (χ2n) is 6.19. The minimum Gasteiger partial charge on any atom is -0.324 e. The van der Waals surface area contributed by atoms with Gasteiger partial charge in [0, 0.05) is 0 Å². The topological polar surface area (TPSA) is 63.7 Å². The van der Waals surface area contributed by atoms with E-state index >= 15 is 0 Å². The van der Waals surface area contributed by atoms with Crippen molar-refractivity contribution in [1.29, 1.82) is 0 Å². The highest BCUT2D eigenvalue weighted by Gasteiger charge is 2.39. The molecule has 0 N–H and O–H groups in total. The Bertz CT molecular complexity index is 1050. The lowest BCUT2D eigenvalue weighted by atomic mass is 9.96. The first kappa shape index (κ1) is 16.7. The Morgan fingerprint density at radius 3 is 1.78 bits per heavy atom. The van der Waals surface area contributed by atoms with Crippen LogP contribution in [0.15, 0.2) is 72.8 Å². The van der Waals surface area contributed by atoms with Gasteiger partial charge in [0.1, 0.15) is 0 Å². The van der Waals surface area contributed by atoms with Crippen LogP contribution in [0, 0.1) is 6.92 Å². The van der Waals surface area contributed by atoms with Crippen LogP contribution in [-0.4, -0.2) is 22.8 Å². The Morgan fingerprint density at radius 2 is 1.19 bits per heavy atom. The second kappa shape index (κ2) is 6.53. The number of benzene rings is 3. The van der Waals surface area contributed by atoms with Gasteiger partial charge in [0.2, 0.25) is 0 Å². The quantitative estimate of drug-likeness (QED) is 0.664. The number of hydroxylamine groups is 2. The van der Waals surface area contributed by atoms with E-state index < -0.39 is 17.8 Å². The molecule has 3 aromatic carbocycles. The number of nitrogens with zero attached hydrogens (tertiary/aromatic N) is 1. The van der Waals surface area contributed by atoms with Crippen LogP contribution in [0.3, 0.4) is 0 Å². The summed E-state index contributed by atoms with van der Waals surface area (Å²) in [6.45, 7) is 1.95. The molecule has 0 fully saturated rings. The van der Waals surface area contributed by atoms with Crippen molar-refractivity contribution in [2.45, 2.75) is 6.92 Å². The molecule has 0 atom stereocenters. The molecule has 1 aliphatic heterocycles. The van der Waals surface area contributed by atoms with Crippen LogP contribution in [0.1, 0.15) is 36.6 Å². The molecule has 1 heterocycles. The molecule has 0 unspecified atom stereocenters. The molecular formula is C22H15NO4. The maximum absolute atomic E-state index is 12.8. The number of fused-ring (bicyclic) bond motifs is 1. The van der Waals surface area contributed by atoms with Crippen LogP contribution in [0.2, 0.25) is 0 Å². The highest BCUT2D eigenvalue weighted by molar-refractivity contribution is 6.21. The normalized spacial score (nSPS) is 12.9. The molecule has 0 aliphatic carbocycles. The standard InChI is InChI=1S/C22H15NO4/c1-14-8-2-3-9-15(14)16-10-4-7-13-19(16)22(26)27-23-20(24)17-11-5-6-12-18(17)21(23)25/h2-13H,1H3. The van der Waals surface area contributed by atoms with Gasteiger partial charge in [-0.25, -0.2) is 4.79 Å². The lowest BCUT2D eigenvalue weighted by molar-refractivity contribution is -0.0584. The number of rotatable bonds is 3. The third-order valence-corrected chi connectivity index (χ3v) is 4.51. The van der Waals surface area contributed by atoms with Crippen LogP contribution in [0.4, 0.5) is 0 Å². The average Bonchev–Trinajstić information content (AvgIpc) is 2.93. The van der Waals surface area contributed by atoms with Gasteiger partial charge in [-0.3, -0.25) is 9.59 Å². The zero-order chi connectivity index (χ0) is 19.0. The fourth-order valence-electron chi connectivity index (χ4n) is 3.15. The van der Waals surface area contributed by atoms with E-state index in [1.807, 2.05) is 37.3 Å². The first-order chi connectivity index (χ1) is 13.1. The van der Waals surface area contributed by atoms with Crippen molar-refractivity contribution < 1.29 is 19.2 Å². The molecule has 0 aromatic heterocycles. The molecule has 0 spiro atoms. The Balaban J connectivity index is 1.67. The van der Waals surface area contributed by atoms with E-state index in [9.17, 15) is 14.4 Å². The summed E-state index contributed by atoms with van der Waals surface area (Å²) in [5, 5.41) is 0.529. The second-order valence-corrected chi connectivity index (χ2v) is 6.19. The first-order valence-electron chi connectivity index (χ1n) is 8.43. The molecule has 0 saturated heterocycles. The summed E-state index contributed by atoms with van der Waals surface area (Å²) >= 11 is 0. The molecule has 4 rings (SSSR count). The van der Waals surface area contributed by atoms with E-state index in [-0.39, 0.29) is 16.7 Å². The molecule has 1 aliphatic rings. The summed E-state index contributed by atoms with van der Waals surface area (Å²) in [6, 6.07) is 21.0. The molecule has 27 heavy (non-hydrogen) atoms. The van der Waals surface area contributed by atoms with Crippen molar-refractivity contribution in [3.05, 3.63) is 95.1 Å². The Kier molecular flexibility index (Phi) is 4.05. The monoisotopic (exact) mass is 357 g/mol. The molecule has 0 saturated carbocycles. The molecular weight excluding hydrogens is 342 g/mol. The fraction of sp³-hybridized carbons (Fsp3) is 0.0455. The average molecular weight is 357 g/mol. The summed E-state index contributed by atoms with van der Waals surface area (Å²) in [7, 11) is 0. The van der Waals surface area contributed by atoms with Crippen molar-refractivity contribution >= 4 is 17.8 Å². The van der Waals surface area contributed by atoms with Crippen LogP contribution in [0.5, 0.6) is 0 Å². The van der Waals surface area contributed by atoms with Gasteiger partial charge < -0.3 is 4.84 Å². The molecule has 132 valence electrons. The van der Waals surface area contributed by atoms with Gasteiger partial charge >= 0.3 is 5.97 Å². The van der Waals surface area contributed by atoms with Crippen molar-refractivity contribution in [1.82, 2.24) is 5.06 Å². The smallest absolute Gasteiger partial charge is 0.324 e. The lowest BCUT2D eigenvalue weighted by Crippen LogP contribution is -2.32. The summed E-state index contributed by atoms with van der Waals surface area (Å²) in [4.78, 5) is 42.8. The van der Waals surface area contributed by atoms with Gasteiger partial charge in [-0.1, -0.05) is 59.7 Å². The molecule has 0 bridgehead atoms. The SMILES string of the molecule is Cc1ccccc1-c1ccccc1C(=O)ON1C(=O)c2ccccc2C1=O. The summed E-state index contributed by atoms with van der Waals surface area (Å²) in [5.74, 6) is -2.04. The van der Waals surface area contributed by atoms with Crippen molar-refractivity contribution in [2.24, 2.45) is 0 Å². The molecule has 2 amide bonds.